The number of hydrogen-bond acceptors (Lipinski definition) is 1. The molecule has 5 heteroatoms. The summed E-state index contributed by atoms with van der Waals surface area (Å²) in [6.07, 6.45) is 0.564. The predicted octanol–water partition coefficient (Wildman–Crippen LogP) is 4.99. The van der Waals surface area contributed by atoms with Gasteiger partial charge in [0.2, 0.25) is 0 Å². The lowest BCUT2D eigenvalue weighted by molar-refractivity contribution is 0.570. The molecule has 1 unspecified atom stereocenters. The van der Waals surface area contributed by atoms with Crippen LogP contribution in [-0.4, -0.2) is 7.05 Å². The molecule has 2 aromatic rings. The topological polar surface area (TPSA) is 12.0 Å². The van der Waals surface area contributed by atoms with Gasteiger partial charge in [-0.2, -0.15) is 0 Å². The zero-order chi connectivity index (χ0) is 14.7. The van der Waals surface area contributed by atoms with Crippen molar-refractivity contribution in [3.05, 3.63) is 68.1 Å². The van der Waals surface area contributed by atoms with E-state index in [1.54, 1.807) is 13.1 Å². The molecule has 0 bridgehead atoms. The first-order valence-corrected chi connectivity index (χ1v) is 7.65. The van der Waals surface area contributed by atoms with Crippen LogP contribution in [0.2, 0.25) is 0 Å². The van der Waals surface area contributed by atoms with Gasteiger partial charge in [-0.25, -0.2) is 8.78 Å². The Bertz CT molecular complexity index is 597. The summed E-state index contributed by atoms with van der Waals surface area (Å²) in [6.45, 7) is 0. The SMILES string of the molecule is CNC(Cc1cc(F)cc(Br)c1)c1cc(F)ccc1Br. The van der Waals surface area contributed by atoms with E-state index in [1.807, 2.05) is 6.07 Å². The Morgan fingerprint density at radius 3 is 2.45 bits per heavy atom. The third-order valence-electron chi connectivity index (χ3n) is 3.04. The van der Waals surface area contributed by atoms with Crippen LogP contribution in [0.15, 0.2) is 45.3 Å². The van der Waals surface area contributed by atoms with E-state index < -0.39 is 0 Å². The fourth-order valence-corrected chi connectivity index (χ4v) is 3.15. The Morgan fingerprint density at radius 1 is 1.05 bits per heavy atom. The van der Waals surface area contributed by atoms with Crippen LogP contribution in [0.4, 0.5) is 8.78 Å². The molecule has 0 fully saturated rings. The summed E-state index contributed by atoms with van der Waals surface area (Å²) in [7, 11) is 1.80. The summed E-state index contributed by atoms with van der Waals surface area (Å²) in [5, 5.41) is 3.14. The Hall–Kier alpha value is -0.780. The van der Waals surface area contributed by atoms with Gasteiger partial charge in [0.1, 0.15) is 11.6 Å². The molecule has 0 saturated heterocycles. The van der Waals surface area contributed by atoms with Crippen LogP contribution < -0.4 is 5.32 Å². The van der Waals surface area contributed by atoms with Crippen molar-refractivity contribution in [2.45, 2.75) is 12.5 Å². The number of rotatable bonds is 4. The normalized spacial score (nSPS) is 12.4. The highest BCUT2D eigenvalue weighted by Crippen LogP contribution is 2.28. The van der Waals surface area contributed by atoms with Crippen molar-refractivity contribution in [1.29, 1.82) is 0 Å². The van der Waals surface area contributed by atoms with E-state index in [0.29, 0.717) is 10.9 Å². The molecule has 0 saturated carbocycles. The average Bonchev–Trinajstić information content (AvgIpc) is 2.38. The lowest BCUT2D eigenvalue weighted by Gasteiger charge is -2.18. The average molecular weight is 405 g/mol. The minimum atomic E-state index is -0.289. The maximum atomic E-state index is 13.4. The van der Waals surface area contributed by atoms with Crippen LogP contribution in [0.3, 0.4) is 0 Å². The second-order valence-electron chi connectivity index (χ2n) is 4.49. The molecule has 1 nitrogen and oxygen atoms in total. The quantitative estimate of drug-likeness (QED) is 0.756. The van der Waals surface area contributed by atoms with Gasteiger partial charge in [0, 0.05) is 15.0 Å². The van der Waals surface area contributed by atoms with Crippen molar-refractivity contribution in [2.24, 2.45) is 0 Å². The number of likely N-dealkylation sites (N-methyl/N-ethyl adjacent to an activating group) is 1. The van der Waals surface area contributed by atoms with Crippen molar-refractivity contribution in [2.75, 3.05) is 7.05 Å². The van der Waals surface area contributed by atoms with Gasteiger partial charge in [-0.05, 0) is 61.0 Å². The smallest absolute Gasteiger partial charge is 0.124 e. The molecule has 0 aliphatic heterocycles. The minimum absolute atomic E-state index is 0.103. The fourth-order valence-electron chi connectivity index (χ4n) is 2.11. The molecule has 0 radical (unpaired) electrons. The Balaban J connectivity index is 2.31. The number of hydrogen-bond donors (Lipinski definition) is 1. The van der Waals surface area contributed by atoms with Gasteiger partial charge in [0.15, 0.2) is 0 Å². The molecule has 0 amide bonds. The van der Waals surface area contributed by atoms with Crippen molar-refractivity contribution in [3.8, 4) is 0 Å². The lowest BCUT2D eigenvalue weighted by Crippen LogP contribution is -2.19. The van der Waals surface area contributed by atoms with E-state index in [-0.39, 0.29) is 17.7 Å². The van der Waals surface area contributed by atoms with Gasteiger partial charge < -0.3 is 5.32 Å². The second kappa shape index (κ2) is 6.78. The number of nitrogens with one attached hydrogen (secondary N) is 1. The van der Waals surface area contributed by atoms with Gasteiger partial charge in [0.25, 0.3) is 0 Å². The van der Waals surface area contributed by atoms with Crippen LogP contribution in [0.25, 0.3) is 0 Å². The zero-order valence-electron chi connectivity index (χ0n) is 10.8. The predicted molar refractivity (Wildman–Crippen MR) is 83.7 cm³/mol. The summed E-state index contributed by atoms with van der Waals surface area (Å²) in [6, 6.07) is 9.22. The first-order valence-electron chi connectivity index (χ1n) is 6.07. The Morgan fingerprint density at radius 2 is 1.80 bits per heavy atom. The first kappa shape index (κ1) is 15.6. The van der Waals surface area contributed by atoms with Crippen molar-refractivity contribution in [1.82, 2.24) is 5.32 Å². The van der Waals surface area contributed by atoms with Crippen LogP contribution in [0, 0.1) is 11.6 Å². The summed E-state index contributed by atoms with van der Waals surface area (Å²) >= 11 is 6.70. The minimum Gasteiger partial charge on any atom is -0.313 e. The van der Waals surface area contributed by atoms with E-state index in [1.165, 1.54) is 24.3 Å². The van der Waals surface area contributed by atoms with Crippen molar-refractivity contribution >= 4 is 31.9 Å². The molecule has 0 aliphatic carbocycles. The van der Waals surface area contributed by atoms with Gasteiger partial charge in [-0.3, -0.25) is 0 Å². The van der Waals surface area contributed by atoms with Gasteiger partial charge in [-0.15, -0.1) is 0 Å². The molecular weight excluding hydrogens is 392 g/mol. The maximum Gasteiger partial charge on any atom is 0.124 e. The molecule has 2 rings (SSSR count). The third-order valence-corrected chi connectivity index (χ3v) is 4.22. The van der Waals surface area contributed by atoms with Gasteiger partial charge in [0.05, 0.1) is 0 Å². The molecule has 106 valence electrons. The first-order chi connectivity index (χ1) is 9.49. The summed E-state index contributed by atoms with van der Waals surface area (Å²) in [5.74, 6) is -0.577. The molecule has 0 heterocycles. The van der Waals surface area contributed by atoms with Crippen LogP contribution in [0.1, 0.15) is 17.2 Å². The van der Waals surface area contributed by atoms with E-state index in [9.17, 15) is 8.78 Å². The molecule has 0 aromatic heterocycles. The molecule has 0 spiro atoms. The fraction of sp³-hybridized carbons (Fsp3) is 0.200. The molecule has 0 aliphatic rings. The van der Waals surface area contributed by atoms with E-state index in [4.69, 9.17) is 0 Å². The summed E-state index contributed by atoms with van der Waals surface area (Å²) in [4.78, 5) is 0. The van der Waals surface area contributed by atoms with Crippen LogP contribution in [0.5, 0.6) is 0 Å². The monoisotopic (exact) mass is 403 g/mol. The van der Waals surface area contributed by atoms with Crippen molar-refractivity contribution < 1.29 is 8.78 Å². The van der Waals surface area contributed by atoms with Gasteiger partial charge >= 0.3 is 0 Å². The summed E-state index contributed by atoms with van der Waals surface area (Å²) < 4.78 is 28.3. The molecule has 20 heavy (non-hydrogen) atoms. The zero-order valence-corrected chi connectivity index (χ0v) is 13.9. The molecule has 1 atom stereocenters. The Kier molecular flexibility index (Phi) is 5.29. The molecule has 1 N–H and O–H groups in total. The van der Waals surface area contributed by atoms with E-state index >= 15 is 0 Å². The standard InChI is InChI=1S/C15H13Br2F2N/c1-20-15(13-8-11(18)2-3-14(13)17)6-9-4-10(16)7-12(19)5-9/h2-5,7-8,15,20H,6H2,1H3. The van der Waals surface area contributed by atoms with Crippen LogP contribution >= 0.6 is 31.9 Å². The van der Waals surface area contributed by atoms with E-state index in [0.717, 1.165) is 15.6 Å². The highest BCUT2D eigenvalue weighted by atomic mass is 79.9. The van der Waals surface area contributed by atoms with Crippen LogP contribution in [-0.2, 0) is 6.42 Å². The maximum absolute atomic E-state index is 13.4. The highest BCUT2D eigenvalue weighted by Gasteiger charge is 2.15. The number of halogens is 4. The molecular formula is C15H13Br2F2N. The molecule has 2 aromatic carbocycles. The number of benzene rings is 2. The summed E-state index contributed by atoms with van der Waals surface area (Å²) in [5.41, 5.74) is 1.65. The van der Waals surface area contributed by atoms with Crippen molar-refractivity contribution in [3.63, 3.8) is 0 Å². The third kappa shape index (κ3) is 3.87. The largest absolute Gasteiger partial charge is 0.313 e. The second-order valence-corrected chi connectivity index (χ2v) is 6.26. The lowest BCUT2D eigenvalue weighted by atomic mass is 9.99. The van der Waals surface area contributed by atoms with E-state index in [2.05, 4.69) is 37.2 Å². The Labute approximate surface area is 133 Å². The highest BCUT2D eigenvalue weighted by molar-refractivity contribution is 9.10. The van der Waals surface area contributed by atoms with Gasteiger partial charge in [-0.1, -0.05) is 31.9 Å².